The molecule has 2 rings (SSSR count). The van der Waals surface area contributed by atoms with Crippen LogP contribution in [0.25, 0.3) is 0 Å². The van der Waals surface area contributed by atoms with Crippen LogP contribution in [0.4, 0.5) is 0 Å². The Morgan fingerprint density at radius 3 is 2.94 bits per heavy atom. The van der Waals surface area contributed by atoms with Crippen molar-refractivity contribution in [3.05, 3.63) is 29.0 Å². The van der Waals surface area contributed by atoms with E-state index in [1.165, 1.54) is 5.56 Å². The number of aromatic nitrogens is 1. The van der Waals surface area contributed by atoms with E-state index in [0.717, 1.165) is 31.2 Å². The molecule has 1 N–H and O–H groups in total. The lowest BCUT2D eigenvalue weighted by molar-refractivity contribution is 0.165. The first-order chi connectivity index (χ1) is 7.27. The maximum atomic E-state index is 6.09. The van der Waals surface area contributed by atoms with Gasteiger partial charge in [-0.2, -0.15) is 0 Å². The molecule has 0 saturated carbocycles. The molecule has 0 aliphatic carbocycles. The second-order valence-electron chi connectivity index (χ2n) is 3.99. The van der Waals surface area contributed by atoms with Crippen molar-refractivity contribution in [2.24, 2.45) is 0 Å². The Balaban J connectivity index is 0.00000128. The van der Waals surface area contributed by atoms with E-state index in [9.17, 15) is 0 Å². The maximum absolute atomic E-state index is 6.09. The van der Waals surface area contributed by atoms with Crippen molar-refractivity contribution in [3.8, 4) is 0 Å². The molecular formula is C11H18Cl3N3. The summed E-state index contributed by atoms with van der Waals surface area (Å²) in [5, 5.41) is 4.14. The van der Waals surface area contributed by atoms with Crippen molar-refractivity contribution in [1.29, 1.82) is 0 Å². The smallest absolute Gasteiger partial charge is 0.0634 e. The summed E-state index contributed by atoms with van der Waals surface area (Å²) in [4.78, 5) is 6.44. The zero-order chi connectivity index (χ0) is 10.7. The summed E-state index contributed by atoms with van der Waals surface area (Å²) in [5.74, 6) is 0. The van der Waals surface area contributed by atoms with Gasteiger partial charge in [0, 0.05) is 44.6 Å². The van der Waals surface area contributed by atoms with E-state index in [4.69, 9.17) is 11.6 Å². The lowest BCUT2D eigenvalue weighted by Gasteiger charge is -2.34. The van der Waals surface area contributed by atoms with E-state index in [1.807, 2.05) is 6.07 Å². The van der Waals surface area contributed by atoms with Gasteiger partial charge in [0.25, 0.3) is 0 Å². The predicted octanol–water partition coefficient (Wildman–Crippen LogP) is 2.37. The molecule has 6 heteroatoms. The molecule has 0 aromatic carbocycles. The molecule has 1 aromatic rings. The third-order valence-electron chi connectivity index (χ3n) is 2.87. The van der Waals surface area contributed by atoms with Crippen LogP contribution in [-0.2, 0) is 6.54 Å². The van der Waals surface area contributed by atoms with E-state index in [1.54, 1.807) is 12.4 Å². The van der Waals surface area contributed by atoms with Crippen LogP contribution in [-0.4, -0.2) is 35.6 Å². The third-order valence-corrected chi connectivity index (χ3v) is 3.21. The Bertz CT molecular complexity index is 335. The standard InChI is InChI=1S/C11H16ClN3.2ClH/c1-9-6-14-4-5-15(9)8-10-2-3-13-7-11(10)12;;/h2-3,7,9,14H,4-6,8H2,1H3;2*1H/t9-;;/m0../s1. The van der Waals surface area contributed by atoms with Gasteiger partial charge < -0.3 is 5.32 Å². The van der Waals surface area contributed by atoms with Crippen LogP contribution >= 0.6 is 36.4 Å². The second-order valence-corrected chi connectivity index (χ2v) is 4.40. The number of hydrogen-bond donors (Lipinski definition) is 1. The topological polar surface area (TPSA) is 28.2 Å². The van der Waals surface area contributed by atoms with Crippen LogP contribution in [0.1, 0.15) is 12.5 Å². The number of nitrogens with one attached hydrogen (secondary N) is 1. The minimum absolute atomic E-state index is 0. The van der Waals surface area contributed by atoms with Crippen LogP contribution in [0.15, 0.2) is 18.5 Å². The van der Waals surface area contributed by atoms with Crippen LogP contribution in [0.5, 0.6) is 0 Å². The van der Waals surface area contributed by atoms with Gasteiger partial charge in [-0.1, -0.05) is 11.6 Å². The summed E-state index contributed by atoms with van der Waals surface area (Å²) in [6.07, 6.45) is 3.51. The molecule has 1 aliphatic heterocycles. The van der Waals surface area contributed by atoms with Crippen LogP contribution in [0.3, 0.4) is 0 Å². The fourth-order valence-corrected chi connectivity index (χ4v) is 2.05. The highest BCUT2D eigenvalue weighted by Crippen LogP contribution is 2.17. The van der Waals surface area contributed by atoms with Gasteiger partial charge in [-0.25, -0.2) is 0 Å². The van der Waals surface area contributed by atoms with Crippen molar-refractivity contribution < 1.29 is 0 Å². The number of rotatable bonds is 2. The number of hydrogen-bond acceptors (Lipinski definition) is 3. The number of nitrogens with zero attached hydrogens (tertiary/aromatic N) is 2. The Hall–Kier alpha value is -0.0600. The summed E-state index contributed by atoms with van der Waals surface area (Å²) >= 11 is 6.09. The minimum Gasteiger partial charge on any atom is -0.314 e. The third kappa shape index (κ3) is 4.60. The molecule has 2 heterocycles. The van der Waals surface area contributed by atoms with Crippen molar-refractivity contribution >= 4 is 36.4 Å². The molecule has 0 spiro atoms. The summed E-state index contributed by atoms with van der Waals surface area (Å²) in [6.45, 7) is 6.36. The first-order valence-corrected chi connectivity index (χ1v) is 5.68. The molecule has 0 radical (unpaired) electrons. The normalized spacial score (nSPS) is 20.2. The summed E-state index contributed by atoms with van der Waals surface area (Å²) < 4.78 is 0. The lowest BCUT2D eigenvalue weighted by atomic mass is 10.1. The molecule has 17 heavy (non-hydrogen) atoms. The molecule has 3 nitrogen and oxygen atoms in total. The average molecular weight is 299 g/mol. The Labute approximate surface area is 120 Å². The van der Waals surface area contributed by atoms with E-state index >= 15 is 0 Å². The molecule has 0 bridgehead atoms. The SMILES string of the molecule is C[C@H]1CNCCN1Cc1ccncc1Cl.Cl.Cl. The molecule has 1 aliphatic rings. The molecule has 1 aromatic heterocycles. The number of pyridine rings is 1. The van der Waals surface area contributed by atoms with Crippen molar-refractivity contribution in [3.63, 3.8) is 0 Å². The predicted molar refractivity (Wildman–Crippen MR) is 76.5 cm³/mol. The van der Waals surface area contributed by atoms with Gasteiger partial charge in [0.1, 0.15) is 0 Å². The lowest BCUT2D eigenvalue weighted by Crippen LogP contribution is -2.49. The van der Waals surface area contributed by atoms with Crippen molar-refractivity contribution in [2.45, 2.75) is 19.5 Å². The molecule has 98 valence electrons. The molecule has 0 unspecified atom stereocenters. The van der Waals surface area contributed by atoms with Gasteiger partial charge in [0.2, 0.25) is 0 Å². The number of piperazine rings is 1. The largest absolute Gasteiger partial charge is 0.314 e. The molecule has 1 atom stereocenters. The van der Waals surface area contributed by atoms with Crippen LogP contribution in [0.2, 0.25) is 5.02 Å². The first kappa shape index (κ1) is 16.9. The monoisotopic (exact) mass is 297 g/mol. The second kappa shape index (κ2) is 8.11. The quantitative estimate of drug-likeness (QED) is 0.908. The summed E-state index contributed by atoms with van der Waals surface area (Å²) in [6, 6.07) is 2.57. The molecular weight excluding hydrogens is 281 g/mol. The first-order valence-electron chi connectivity index (χ1n) is 5.30. The van der Waals surface area contributed by atoms with E-state index < -0.39 is 0 Å². The highest BCUT2D eigenvalue weighted by molar-refractivity contribution is 6.31. The van der Waals surface area contributed by atoms with E-state index in [0.29, 0.717) is 6.04 Å². The van der Waals surface area contributed by atoms with Crippen molar-refractivity contribution in [2.75, 3.05) is 19.6 Å². The molecule has 1 saturated heterocycles. The average Bonchev–Trinajstić information content (AvgIpc) is 2.24. The number of halogens is 3. The summed E-state index contributed by atoms with van der Waals surface area (Å²) in [5.41, 5.74) is 1.17. The minimum atomic E-state index is 0. The van der Waals surface area contributed by atoms with Crippen molar-refractivity contribution in [1.82, 2.24) is 15.2 Å². The van der Waals surface area contributed by atoms with Gasteiger partial charge in [0.05, 0.1) is 5.02 Å². The highest BCUT2D eigenvalue weighted by Gasteiger charge is 2.18. The van der Waals surface area contributed by atoms with E-state index in [-0.39, 0.29) is 24.8 Å². The van der Waals surface area contributed by atoms with Gasteiger partial charge >= 0.3 is 0 Å². The van der Waals surface area contributed by atoms with Gasteiger partial charge in [-0.15, -0.1) is 24.8 Å². The fourth-order valence-electron chi connectivity index (χ4n) is 1.87. The molecule has 1 fully saturated rings. The Morgan fingerprint density at radius 2 is 2.29 bits per heavy atom. The summed E-state index contributed by atoms with van der Waals surface area (Å²) in [7, 11) is 0. The Morgan fingerprint density at radius 1 is 1.53 bits per heavy atom. The zero-order valence-corrected chi connectivity index (χ0v) is 12.1. The van der Waals surface area contributed by atoms with Gasteiger partial charge in [-0.05, 0) is 18.6 Å². The van der Waals surface area contributed by atoms with E-state index in [2.05, 4.69) is 22.1 Å². The van der Waals surface area contributed by atoms with Gasteiger partial charge in [0.15, 0.2) is 0 Å². The van der Waals surface area contributed by atoms with Crippen LogP contribution in [0, 0.1) is 0 Å². The fraction of sp³-hybridized carbons (Fsp3) is 0.545. The Kier molecular flexibility index (Phi) is 8.09. The highest BCUT2D eigenvalue weighted by atomic mass is 35.5. The van der Waals surface area contributed by atoms with Crippen LogP contribution < -0.4 is 5.32 Å². The molecule has 0 amide bonds. The van der Waals surface area contributed by atoms with Gasteiger partial charge in [-0.3, -0.25) is 9.88 Å². The maximum Gasteiger partial charge on any atom is 0.0634 e. The zero-order valence-electron chi connectivity index (χ0n) is 9.73.